The highest BCUT2D eigenvalue weighted by atomic mass is 32.1. The fourth-order valence-corrected chi connectivity index (χ4v) is 3.40. The number of rotatable bonds is 4. The van der Waals surface area contributed by atoms with E-state index in [0.717, 1.165) is 34.7 Å². The Morgan fingerprint density at radius 2 is 2.05 bits per heavy atom. The van der Waals surface area contributed by atoms with Gasteiger partial charge in [-0.25, -0.2) is 4.98 Å². The smallest absolute Gasteiger partial charge is 0.129 e. The van der Waals surface area contributed by atoms with E-state index in [1.165, 1.54) is 25.7 Å². The van der Waals surface area contributed by atoms with Crippen LogP contribution >= 0.6 is 12.2 Å². The molecule has 1 saturated carbocycles. The lowest BCUT2D eigenvalue weighted by atomic mass is 10.1. The van der Waals surface area contributed by atoms with Crippen molar-refractivity contribution in [2.45, 2.75) is 25.7 Å². The van der Waals surface area contributed by atoms with Crippen molar-refractivity contribution < 1.29 is 0 Å². The van der Waals surface area contributed by atoms with Gasteiger partial charge in [-0.15, -0.1) is 0 Å². The van der Waals surface area contributed by atoms with Gasteiger partial charge in [0.05, 0.1) is 5.52 Å². The topological polar surface area (TPSA) is 42.1 Å². The Morgan fingerprint density at radius 3 is 2.76 bits per heavy atom. The maximum absolute atomic E-state index is 5.90. The molecule has 4 heteroatoms. The highest BCUT2D eigenvalue weighted by Gasteiger charge is 2.18. The minimum absolute atomic E-state index is 0.434. The Balaban J connectivity index is 1.96. The number of nitrogens with zero attached hydrogens (tertiary/aromatic N) is 2. The van der Waals surface area contributed by atoms with E-state index in [1.54, 1.807) is 0 Å². The van der Waals surface area contributed by atoms with Gasteiger partial charge in [-0.3, -0.25) is 0 Å². The summed E-state index contributed by atoms with van der Waals surface area (Å²) in [7, 11) is 2.11. The number of hydrogen-bond donors (Lipinski definition) is 1. The number of para-hydroxylation sites is 1. The molecule has 3 rings (SSSR count). The van der Waals surface area contributed by atoms with Gasteiger partial charge in [0.1, 0.15) is 10.8 Å². The summed E-state index contributed by atoms with van der Waals surface area (Å²) in [6.45, 7) is 1.06. The molecule has 1 heterocycles. The van der Waals surface area contributed by atoms with Gasteiger partial charge in [0.2, 0.25) is 0 Å². The zero-order valence-electron chi connectivity index (χ0n) is 12.4. The second kappa shape index (κ2) is 5.98. The van der Waals surface area contributed by atoms with Crippen LogP contribution in [0.15, 0.2) is 30.3 Å². The van der Waals surface area contributed by atoms with Gasteiger partial charge >= 0.3 is 0 Å². The van der Waals surface area contributed by atoms with Gasteiger partial charge in [-0.2, -0.15) is 0 Å². The van der Waals surface area contributed by atoms with Crippen molar-refractivity contribution >= 4 is 33.9 Å². The van der Waals surface area contributed by atoms with E-state index in [1.807, 2.05) is 30.3 Å². The molecule has 1 aromatic carbocycles. The quantitative estimate of drug-likeness (QED) is 0.878. The zero-order chi connectivity index (χ0) is 14.8. The van der Waals surface area contributed by atoms with Gasteiger partial charge < -0.3 is 10.6 Å². The highest BCUT2D eigenvalue weighted by Crippen LogP contribution is 2.28. The Kier molecular flexibility index (Phi) is 4.06. The van der Waals surface area contributed by atoms with Gasteiger partial charge in [0, 0.05) is 24.5 Å². The highest BCUT2D eigenvalue weighted by molar-refractivity contribution is 7.80. The predicted octanol–water partition coefficient (Wildman–Crippen LogP) is 3.50. The van der Waals surface area contributed by atoms with E-state index in [-0.39, 0.29) is 0 Å². The lowest BCUT2D eigenvalue weighted by Crippen LogP contribution is -2.25. The summed E-state index contributed by atoms with van der Waals surface area (Å²) in [6.07, 6.45) is 5.39. The first-order chi connectivity index (χ1) is 10.1. The summed E-state index contributed by atoms with van der Waals surface area (Å²) >= 11 is 5.21. The zero-order valence-corrected chi connectivity index (χ0v) is 13.2. The van der Waals surface area contributed by atoms with Crippen molar-refractivity contribution in [2.75, 3.05) is 18.5 Å². The summed E-state index contributed by atoms with van der Waals surface area (Å²) in [5, 5.41) is 1.03. The maximum atomic E-state index is 5.90. The van der Waals surface area contributed by atoms with Crippen molar-refractivity contribution in [3.05, 3.63) is 35.9 Å². The molecule has 1 aliphatic carbocycles. The third kappa shape index (κ3) is 3.00. The molecule has 2 N–H and O–H groups in total. The lowest BCUT2D eigenvalue weighted by Gasteiger charge is -2.23. The van der Waals surface area contributed by atoms with Gasteiger partial charge in [0.25, 0.3) is 0 Å². The summed E-state index contributed by atoms with van der Waals surface area (Å²) in [6, 6.07) is 10.1. The molecule has 1 aliphatic rings. The molecule has 1 fully saturated rings. The van der Waals surface area contributed by atoms with Crippen LogP contribution in [0.5, 0.6) is 0 Å². The molecule has 0 amide bonds. The average molecular weight is 299 g/mol. The van der Waals surface area contributed by atoms with E-state index in [4.69, 9.17) is 22.9 Å². The normalized spacial score (nSPS) is 15.5. The van der Waals surface area contributed by atoms with Crippen LogP contribution < -0.4 is 10.6 Å². The van der Waals surface area contributed by atoms with Crippen molar-refractivity contribution in [3.8, 4) is 0 Å². The Morgan fingerprint density at radius 1 is 1.33 bits per heavy atom. The number of thiocarbonyl (C=S) groups is 1. The van der Waals surface area contributed by atoms with Gasteiger partial charge in [-0.05, 0) is 30.9 Å². The Hall–Kier alpha value is -1.68. The SMILES string of the molecule is CN(CC1CCCC1)c1cc(C(N)=S)c2ccccc2n1. The minimum atomic E-state index is 0.434. The van der Waals surface area contributed by atoms with Crippen LogP contribution in [0.25, 0.3) is 10.9 Å². The third-order valence-corrected chi connectivity index (χ3v) is 4.59. The fraction of sp³-hybridized carbons (Fsp3) is 0.412. The van der Waals surface area contributed by atoms with E-state index < -0.39 is 0 Å². The first-order valence-corrected chi connectivity index (χ1v) is 7.96. The molecular weight excluding hydrogens is 278 g/mol. The third-order valence-electron chi connectivity index (χ3n) is 4.37. The monoisotopic (exact) mass is 299 g/mol. The number of fused-ring (bicyclic) bond motifs is 1. The van der Waals surface area contributed by atoms with Crippen LogP contribution in [0.3, 0.4) is 0 Å². The van der Waals surface area contributed by atoms with Crippen LogP contribution in [-0.4, -0.2) is 23.6 Å². The summed E-state index contributed by atoms with van der Waals surface area (Å²) < 4.78 is 0. The molecular formula is C17H21N3S. The molecule has 3 nitrogen and oxygen atoms in total. The lowest BCUT2D eigenvalue weighted by molar-refractivity contribution is 0.545. The van der Waals surface area contributed by atoms with Crippen LogP contribution in [0.2, 0.25) is 0 Å². The van der Waals surface area contributed by atoms with Crippen LogP contribution in [0.4, 0.5) is 5.82 Å². The molecule has 0 unspecified atom stereocenters. The van der Waals surface area contributed by atoms with Crippen molar-refractivity contribution in [3.63, 3.8) is 0 Å². The maximum Gasteiger partial charge on any atom is 0.129 e. The number of pyridine rings is 1. The second-order valence-electron chi connectivity index (χ2n) is 5.94. The second-order valence-corrected chi connectivity index (χ2v) is 6.38. The summed E-state index contributed by atoms with van der Waals surface area (Å²) in [5.74, 6) is 1.75. The van der Waals surface area contributed by atoms with Crippen LogP contribution in [-0.2, 0) is 0 Å². The van der Waals surface area contributed by atoms with E-state index in [2.05, 4.69) is 11.9 Å². The van der Waals surface area contributed by atoms with Crippen molar-refractivity contribution in [2.24, 2.45) is 11.7 Å². The average Bonchev–Trinajstić information content (AvgIpc) is 2.98. The number of anilines is 1. The molecule has 0 radical (unpaired) electrons. The molecule has 0 spiro atoms. The molecule has 0 saturated heterocycles. The molecule has 0 atom stereocenters. The molecule has 0 bridgehead atoms. The molecule has 0 aliphatic heterocycles. The Labute approximate surface area is 131 Å². The van der Waals surface area contributed by atoms with Gasteiger partial charge in [-0.1, -0.05) is 43.3 Å². The summed E-state index contributed by atoms with van der Waals surface area (Å²) in [5.41, 5.74) is 7.77. The van der Waals surface area contributed by atoms with Crippen LogP contribution in [0, 0.1) is 5.92 Å². The van der Waals surface area contributed by atoms with Crippen LogP contribution in [0.1, 0.15) is 31.2 Å². The molecule has 1 aromatic heterocycles. The minimum Gasteiger partial charge on any atom is -0.389 e. The largest absolute Gasteiger partial charge is 0.389 e. The Bertz CT molecular complexity index is 662. The van der Waals surface area contributed by atoms with Crippen molar-refractivity contribution in [1.29, 1.82) is 0 Å². The predicted molar refractivity (Wildman–Crippen MR) is 92.9 cm³/mol. The standard InChI is InChI=1S/C17H21N3S/c1-20(11-12-6-2-3-7-12)16-10-14(17(18)21)13-8-4-5-9-15(13)19-16/h4-5,8-10,12H,2-3,6-7,11H2,1H3,(H2,18,21). The first-order valence-electron chi connectivity index (χ1n) is 7.56. The van der Waals surface area contributed by atoms with E-state index in [9.17, 15) is 0 Å². The number of nitrogens with two attached hydrogens (primary N) is 1. The molecule has 21 heavy (non-hydrogen) atoms. The van der Waals surface area contributed by atoms with Crippen molar-refractivity contribution in [1.82, 2.24) is 4.98 Å². The number of benzene rings is 1. The van der Waals surface area contributed by atoms with E-state index >= 15 is 0 Å². The molecule has 2 aromatic rings. The fourth-order valence-electron chi connectivity index (χ4n) is 3.23. The van der Waals surface area contributed by atoms with Gasteiger partial charge in [0.15, 0.2) is 0 Å². The van der Waals surface area contributed by atoms with E-state index in [0.29, 0.717) is 4.99 Å². The first kappa shape index (κ1) is 14.3. The molecule has 110 valence electrons. The summed E-state index contributed by atoms with van der Waals surface area (Å²) in [4.78, 5) is 7.45. The number of aromatic nitrogens is 1. The number of hydrogen-bond acceptors (Lipinski definition) is 3.